The average Bonchev–Trinajstić information content (AvgIpc) is 2.97. The van der Waals surface area contributed by atoms with Gasteiger partial charge in [-0.3, -0.25) is 14.5 Å². The van der Waals surface area contributed by atoms with E-state index in [1.165, 1.54) is 16.7 Å². The van der Waals surface area contributed by atoms with Crippen molar-refractivity contribution in [1.82, 2.24) is 15.1 Å². The highest BCUT2D eigenvalue weighted by Gasteiger charge is 2.43. The first-order valence-electron chi connectivity index (χ1n) is 14.5. The molecule has 2 heterocycles. The second-order valence-electron chi connectivity index (χ2n) is 11.2. The number of piperazine rings is 1. The van der Waals surface area contributed by atoms with E-state index < -0.39 is 30.5 Å². The van der Waals surface area contributed by atoms with Gasteiger partial charge in [0.2, 0.25) is 11.8 Å². The molecular formula is C32H43N3O6S. The summed E-state index contributed by atoms with van der Waals surface area (Å²) in [6.45, 7) is 5.25. The maximum Gasteiger partial charge on any atom is 0.236 e. The third-order valence-corrected chi connectivity index (χ3v) is 8.59. The first kappa shape index (κ1) is 32.1. The van der Waals surface area contributed by atoms with Crippen LogP contribution in [0, 0.1) is 12.1 Å². The lowest BCUT2D eigenvalue weighted by atomic mass is 9.89. The van der Waals surface area contributed by atoms with Gasteiger partial charge in [0, 0.05) is 45.9 Å². The second kappa shape index (κ2) is 15.1. The van der Waals surface area contributed by atoms with Crippen molar-refractivity contribution in [2.45, 2.75) is 63.1 Å². The highest BCUT2D eigenvalue weighted by Crippen LogP contribution is 2.33. The molecule has 5 atom stereocenters. The number of aryl methyl sites for hydroxylation is 2. The molecule has 2 saturated heterocycles. The molecular weight excluding hydrogens is 554 g/mol. The highest BCUT2D eigenvalue weighted by atomic mass is 32.1. The van der Waals surface area contributed by atoms with Crippen LogP contribution in [0.3, 0.4) is 0 Å². The van der Waals surface area contributed by atoms with Crippen LogP contribution in [0.5, 0.6) is 0 Å². The summed E-state index contributed by atoms with van der Waals surface area (Å²) in [6.07, 6.45) is -0.861. The highest BCUT2D eigenvalue weighted by molar-refractivity contribution is 7.87. The molecule has 4 N–H and O–H groups in total. The molecule has 228 valence electrons. The lowest BCUT2D eigenvalue weighted by Gasteiger charge is -2.39. The van der Waals surface area contributed by atoms with Gasteiger partial charge in [-0.15, -0.1) is 11.2 Å². The summed E-state index contributed by atoms with van der Waals surface area (Å²) >= 11 is 1.28. The van der Waals surface area contributed by atoms with E-state index in [1.807, 2.05) is 32.2 Å². The number of benzene rings is 2. The zero-order chi connectivity index (χ0) is 30.2. The zero-order valence-corrected chi connectivity index (χ0v) is 25.5. The van der Waals surface area contributed by atoms with Gasteiger partial charge >= 0.3 is 0 Å². The van der Waals surface area contributed by atoms with E-state index >= 15 is 0 Å². The van der Waals surface area contributed by atoms with E-state index in [0.29, 0.717) is 32.5 Å². The van der Waals surface area contributed by atoms with E-state index in [-0.39, 0.29) is 11.8 Å². The Bertz CT molecular complexity index is 1290. The van der Waals surface area contributed by atoms with E-state index in [4.69, 9.17) is 4.74 Å². The minimum Gasteiger partial charge on any atom is -0.387 e. The number of likely N-dealkylation sites (N-methyl/N-ethyl adjacent to an activating group) is 1. The van der Waals surface area contributed by atoms with Gasteiger partial charge in [0.15, 0.2) is 0 Å². The van der Waals surface area contributed by atoms with Crippen LogP contribution in [0.2, 0.25) is 0 Å². The number of amides is 2. The van der Waals surface area contributed by atoms with E-state index in [1.54, 1.807) is 11.2 Å². The number of ether oxygens (including phenoxy) is 1. The fourth-order valence-corrected chi connectivity index (χ4v) is 5.79. The van der Waals surface area contributed by atoms with Crippen molar-refractivity contribution in [1.29, 1.82) is 0 Å². The van der Waals surface area contributed by atoms with Crippen LogP contribution in [0.1, 0.15) is 46.8 Å². The summed E-state index contributed by atoms with van der Waals surface area (Å²) in [7, 11) is 1.82. The van der Waals surface area contributed by atoms with Crippen LogP contribution >= 0.6 is 11.2 Å². The van der Waals surface area contributed by atoms with Crippen molar-refractivity contribution >= 4 is 23.0 Å². The number of hydrogen-bond donors (Lipinski definition) is 4. The van der Waals surface area contributed by atoms with Crippen LogP contribution in [0.15, 0.2) is 42.5 Å². The molecule has 0 aromatic heterocycles. The van der Waals surface area contributed by atoms with Gasteiger partial charge in [0.05, 0.1) is 6.54 Å². The molecule has 0 aliphatic carbocycles. The van der Waals surface area contributed by atoms with Gasteiger partial charge in [-0.2, -0.15) is 0 Å². The Labute approximate surface area is 252 Å². The first-order chi connectivity index (χ1) is 20.2. The Hall–Kier alpha value is -2.82. The lowest BCUT2D eigenvalue weighted by molar-refractivity contribution is -0.209. The molecule has 2 aliphatic heterocycles. The fraction of sp³-hybridized carbons (Fsp3) is 0.531. The summed E-state index contributed by atoms with van der Waals surface area (Å²) in [5.41, 5.74) is 5.25. The molecule has 9 nitrogen and oxygen atoms in total. The molecule has 0 spiro atoms. The number of nitrogens with zero attached hydrogens (tertiary/aromatic N) is 2. The van der Waals surface area contributed by atoms with Crippen molar-refractivity contribution in [2.24, 2.45) is 0 Å². The molecule has 2 aromatic carbocycles. The quantitative estimate of drug-likeness (QED) is 0.329. The number of aliphatic hydroxyl groups is 3. The topological polar surface area (TPSA) is 123 Å². The summed E-state index contributed by atoms with van der Waals surface area (Å²) in [5.74, 6) is 0.156. The number of rotatable bonds is 10. The summed E-state index contributed by atoms with van der Waals surface area (Å²) in [6, 6.07) is 14.3. The largest absolute Gasteiger partial charge is 0.387 e. The van der Waals surface area contributed by atoms with E-state index in [0.717, 1.165) is 48.2 Å². The van der Waals surface area contributed by atoms with Crippen molar-refractivity contribution in [3.63, 3.8) is 0 Å². The SMILES string of the molecule is CS#CC1O[C@@H](c2ccc(C)c(Cc3ccc(CCCC(=O)NCCN4CCN(C)C(=O)C4)cc3)c2)[C@H](O)[C@@H](O)[C@@H]1O. The van der Waals surface area contributed by atoms with Gasteiger partial charge in [-0.05, 0) is 54.0 Å². The standard InChI is InChI=1S/C32H43N3O6S/c1-21-7-12-24(32-31(40)30(39)29(38)26(41-32)20-42-3)18-25(21)17-23-10-8-22(9-11-23)5-4-6-27(36)33-13-14-35-16-15-34(2)28(37)19-35/h7-12,18,26,29-32,38-40H,4-6,13-17,19H2,1-3H3,(H,33,36)/t26?,29-,30+,31-,32+/m1/s1. The number of aliphatic hydroxyl groups excluding tert-OH is 3. The van der Waals surface area contributed by atoms with Crippen LogP contribution < -0.4 is 5.32 Å². The molecule has 2 amide bonds. The third-order valence-electron chi connectivity index (χ3n) is 8.12. The Morgan fingerprint density at radius 1 is 1.07 bits per heavy atom. The molecule has 0 saturated carbocycles. The van der Waals surface area contributed by atoms with Crippen LogP contribution in [0.4, 0.5) is 0 Å². The number of carbonyl (C=O) groups excluding carboxylic acids is 2. The number of hydrogen-bond acceptors (Lipinski definition) is 7. The molecule has 42 heavy (non-hydrogen) atoms. The first-order valence-corrected chi connectivity index (χ1v) is 15.8. The zero-order valence-electron chi connectivity index (χ0n) is 24.7. The van der Waals surface area contributed by atoms with Gasteiger partial charge in [-0.25, -0.2) is 0 Å². The predicted molar refractivity (Wildman–Crippen MR) is 163 cm³/mol. The Kier molecular flexibility index (Phi) is 11.5. The van der Waals surface area contributed by atoms with Crippen molar-refractivity contribution in [3.8, 4) is 5.18 Å². The number of carbonyl (C=O) groups is 2. The van der Waals surface area contributed by atoms with Gasteiger partial charge in [-0.1, -0.05) is 47.6 Å². The normalized spacial score (nSPS) is 24.8. The summed E-state index contributed by atoms with van der Waals surface area (Å²) < 4.78 is 5.94. The molecule has 2 aliphatic rings. The number of nitrogens with one attached hydrogen (secondary N) is 1. The van der Waals surface area contributed by atoms with Crippen LogP contribution in [-0.2, 0) is 27.2 Å². The molecule has 0 bridgehead atoms. The molecule has 10 heteroatoms. The van der Waals surface area contributed by atoms with Crippen LogP contribution in [-0.4, -0.2) is 107 Å². The third kappa shape index (κ3) is 8.39. The maximum atomic E-state index is 12.3. The lowest BCUT2D eigenvalue weighted by Crippen LogP contribution is -2.53. The molecule has 2 fully saturated rings. The van der Waals surface area contributed by atoms with Crippen molar-refractivity contribution in [2.75, 3.05) is 46.0 Å². The van der Waals surface area contributed by atoms with E-state index in [2.05, 4.69) is 39.7 Å². The fourth-order valence-electron chi connectivity index (χ4n) is 5.36. The monoisotopic (exact) mass is 597 g/mol. The molecule has 4 rings (SSSR count). The van der Waals surface area contributed by atoms with Crippen molar-refractivity contribution < 1.29 is 29.6 Å². The van der Waals surface area contributed by atoms with Gasteiger partial charge in [0.1, 0.15) is 30.5 Å². The Morgan fingerprint density at radius 3 is 2.52 bits per heavy atom. The minimum atomic E-state index is -1.33. The van der Waals surface area contributed by atoms with Gasteiger partial charge < -0.3 is 30.3 Å². The van der Waals surface area contributed by atoms with Crippen LogP contribution in [0.25, 0.3) is 0 Å². The minimum absolute atomic E-state index is 0.0343. The van der Waals surface area contributed by atoms with Crippen molar-refractivity contribution in [3.05, 3.63) is 70.3 Å². The Balaban J connectivity index is 1.25. The molecule has 0 radical (unpaired) electrons. The second-order valence-corrected chi connectivity index (χ2v) is 11.9. The Morgan fingerprint density at radius 2 is 1.81 bits per heavy atom. The van der Waals surface area contributed by atoms with E-state index in [9.17, 15) is 24.9 Å². The average molecular weight is 598 g/mol. The molecule has 2 aromatic rings. The molecule has 1 unspecified atom stereocenters. The summed E-state index contributed by atoms with van der Waals surface area (Å²) in [4.78, 5) is 27.9. The smallest absolute Gasteiger partial charge is 0.236 e. The summed E-state index contributed by atoms with van der Waals surface area (Å²) in [5, 5.41) is 37.2. The predicted octanol–water partition coefficient (Wildman–Crippen LogP) is 1.64. The maximum absolute atomic E-state index is 12.3. The van der Waals surface area contributed by atoms with Gasteiger partial charge in [0.25, 0.3) is 0 Å².